The lowest BCUT2D eigenvalue weighted by Crippen LogP contribution is -2.07. The summed E-state index contributed by atoms with van der Waals surface area (Å²) in [6.45, 7) is 0.167. The van der Waals surface area contributed by atoms with E-state index in [1.165, 1.54) is 23.9 Å². The van der Waals surface area contributed by atoms with E-state index >= 15 is 0 Å². The third-order valence-corrected chi connectivity index (χ3v) is 2.93. The number of thioether (sulfide) groups is 1. The number of hydrogen-bond donors (Lipinski definition) is 0. The van der Waals surface area contributed by atoms with E-state index in [1.54, 1.807) is 6.07 Å². The van der Waals surface area contributed by atoms with Crippen molar-refractivity contribution in [2.75, 3.05) is 12.0 Å². The maximum absolute atomic E-state index is 12.7. The maximum Gasteiger partial charge on any atom is 0.316 e. The molecule has 0 unspecified atom stereocenters. The average molecular weight is 293 g/mol. The van der Waals surface area contributed by atoms with Gasteiger partial charge in [0.05, 0.1) is 5.75 Å². The Bertz CT molecular complexity index is 357. The van der Waals surface area contributed by atoms with Crippen LogP contribution < -0.4 is 0 Å². The first-order valence-electron chi connectivity index (χ1n) is 4.22. The smallest absolute Gasteiger partial charge is 0.316 e. The first kappa shape index (κ1) is 12.5. The Morgan fingerprint density at radius 2 is 2.33 bits per heavy atom. The molecule has 1 aromatic rings. The van der Waals surface area contributed by atoms with Crippen LogP contribution in [-0.2, 0) is 16.1 Å². The molecule has 15 heavy (non-hydrogen) atoms. The van der Waals surface area contributed by atoms with Crippen molar-refractivity contribution in [3.63, 3.8) is 0 Å². The highest BCUT2D eigenvalue weighted by Gasteiger charge is 2.05. The number of hydrogen-bond acceptors (Lipinski definition) is 3. The first-order chi connectivity index (χ1) is 7.13. The number of ether oxygens (including phenoxy) is 1. The average Bonchev–Trinajstić information content (AvgIpc) is 2.17. The van der Waals surface area contributed by atoms with Gasteiger partial charge < -0.3 is 4.74 Å². The zero-order valence-electron chi connectivity index (χ0n) is 8.13. The fraction of sp³-hybridized carbons (Fsp3) is 0.300. The van der Waals surface area contributed by atoms with Crippen LogP contribution in [0, 0.1) is 5.82 Å². The van der Waals surface area contributed by atoms with Gasteiger partial charge in [-0.15, -0.1) is 0 Å². The number of carbonyl (C=O) groups is 1. The zero-order chi connectivity index (χ0) is 11.3. The van der Waals surface area contributed by atoms with Gasteiger partial charge in [0.15, 0.2) is 0 Å². The highest BCUT2D eigenvalue weighted by molar-refractivity contribution is 9.10. The van der Waals surface area contributed by atoms with Crippen LogP contribution in [0.15, 0.2) is 22.7 Å². The lowest BCUT2D eigenvalue weighted by atomic mass is 10.2. The van der Waals surface area contributed by atoms with Crippen molar-refractivity contribution in [3.05, 3.63) is 34.1 Å². The summed E-state index contributed by atoms with van der Waals surface area (Å²) >= 11 is 4.60. The van der Waals surface area contributed by atoms with E-state index in [0.29, 0.717) is 10.2 Å². The van der Waals surface area contributed by atoms with Gasteiger partial charge in [-0.05, 0) is 18.4 Å². The predicted molar refractivity (Wildman–Crippen MR) is 62.3 cm³/mol. The van der Waals surface area contributed by atoms with Gasteiger partial charge in [0.2, 0.25) is 0 Å². The standard InChI is InChI=1S/C10H10BrFO2S/c1-15-6-10(13)14-5-7-2-3-8(12)4-9(7)11/h2-4H,5-6H2,1H3. The Morgan fingerprint density at radius 3 is 2.93 bits per heavy atom. The Hall–Kier alpha value is -0.550. The van der Waals surface area contributed by atoms with Crippen molar-refractivity contribution in [1.29, 1.82) is 0 Å². The molecule has 1 rings (SSSR count). The molecule has 0 aliphatic carbocycles. The van der Waals surface area contributed by atoms with E-state index in [4.69, 9.17) is 4.74 Å². The molecule has 0 radical (unpaired) electrons. The molecular formula is C10H10BrFO2S. The van der Waals surface area contributed by atoms with Gasteiger partial charge >= 0.3 is 5.97 Å². The maximum atomic E-state index is 12.7. The SMILES string of the molecule is CSCC(=O)OCc1ccc(F)cc1Br. The van der Waals surface area contributed by atoms with Crippen LogP contribution in [0.3, 0.4) is 0 Å². The molecular weight excluding hydrogens is 283 g/mol. The van der Waals surface area contributed by atoms with Crippen molar-refractivity contribution < 1.29 is 13.9 Å². The van der Waals surface area contributed by atoms with Gasteiger partial charge in [-0.3, -0.25) is 4.79 Å². The molecule has 0 bridgehead atoms. The molecule has 0 saturated heterocycles. The fourth-order valence-corrected chi connectivity index (χ4v) is 1.74. The third-order valence-electron chi connectivity index (χ3n) is 1.67. The summed E-state index contributed by atoms with van der Waals surface area (Å²) < 4.78 is 18.3. The summed E-state index contributed by atoms with van der Waals surface area (Å²) in [6.07, 6.45) is 1.83. The molecule has 0 spiro atoms. The van der Waals surface area contributed by atoms with Gasteiger partial charge in [0, 0.05) is 10.0 Å². The van der Waals surface area contributed by atoms with Crippen molar-refractivity contribution in [2.45, 2.75) is 6.61 Å². The van der Waals surface area contributed by atoms with E-state index < -0.39 is 0 Å². The Kier molecular flexibility index (Phi) is 5.11. The van der Waals surface area contributed by atoms with Crippen LogP contribution in [0.1, 0.15) is 5.56 Å². The number of rotatable bonds is 4. The van der Waals surface area contributed by atoms with Crippen molar-refractivity contribution in [2.24, 2.45) is 0 Å². The van der Waals surface area contributed by atoms with E-state index in [0.717, 1.165) is 5.56 Å². The number of carbonyl (C=O) groups excluding carboxylic acids is 1. The second-order valence-corrected chi connectivity index (χ2v) is 4.55. The van der Waals surface area contributed by atoms with Gasteiger partial charge in [-0.2, -0.15) is 11.8 Å². The molecule has 0 aliphatic rings. The summed E-state index contributed by atoms with van der Waals surface area (Å²) in [5.74, 6) is -0.251. The molecule has 5 heteroatoms. The summed E-state index contributed by atoms with van der Waals surface area (Å²) in [5, 5.41) is 0. The summed E-state index contributed by atoms with van der Waals surface area (Å²) in [4.78, 5) is 11.1. The van der Waals surface area contributed by atoms with Gasteiger partial charge in [0.25, 0.3) is 0 Å². The molecule has 0 N–H and O–H groups in total. The fourth-order valence-electron chi connectivity index (χ4n) is 0.957. The van der Waals surface area contributed by atoms with Crippen molar-refractivity contribution in [3.8, 4) is 0 Å². The van der Waals surface area contributed by atoms with Crippen LogP contribution in [0.5, 0.6) is 0 Å². The molecule has 0 saturated carbocycles. The molecule has 82 valence electrons. The van der Waals surface area contributed by atoms with Gasteiger partial charge in [-0.25, -0.2) is 4.39 Å². The first-order valence-corrected chi connectivity index (χ1v) is 6.40. The second kappa shape index (κ2) is 6.12. The zero-order valence-corrected chi connectivity index (χ0v) is 10.5. The third kappa shape index (κ3) is 4.22. The number of benzene rings is 1. The van der Waals surface area contributed by atoms with Crippen LogP contribution in [0.2, 0.25) is 0 Å². The summed E-state index contributed by atoms with van der Waals surface area (Å²) in [7, 11) is 0. The summed E-state index contributed by atoms with van der Waals surface area (Å²) in [6, 6.07) is 4.27. The molecule has 1 aromatic carbocycles. The van der Waals surface area contributed by atoms with E-state index in [2.05, 4.69) is 15.9 Å². The minimum absolute atomic E-state index is 0.167. The highest BCUT2D eigenvalue weighted by atomic mass is 79.9. The Morgan fingerprint density at radius 1 is 1.60 bits per heavy atom. The van der Waals surface area contributed by atoms with Crippen LogP contribution >= 0.6 is 27.7 Å². The molecule has 0 aromatic heterocycles. The van der Waals surface area contributed by atoms with Crippen molar-refractivity contribution >= 4 is 33.7 Å². The molecule has 2 nitrogen and oxygen atoms in total. The Labute approximate surface area is 100 Å². The molecule has 0 amide bonds. The minimum atomic E-state index is -0.318. The molecule has 0 fully saturated rings. The van der Waals surface area contributed by atoms with E-state index in [1.807, 2.05) is 6.26 Å². The van der Waals surface area contributed by atoms with Crippen LogP contribution in [0.25, 0.3) is 0 Å². The van der Waals surface area contributed by atoms with Crippen LogP contribution in [0.4, 0.5) is 4.39 Å². The quantitative estimate of drug-likeness (QED) is 0.798. The monoisotopic (exact) mass is 292 g/mol. The largest absolute Gasteiger partial charge is 0.460 e. The Balaban J connectivity index is 2.54. The van der Waals surface area contributed by atoms with Gasteiger partial charge in [-0.1, -0.05) is 22.0 Å². The normalized spacial score (nSPS) is 10.1. The summed E-state index contributed by atoms with van der Waals surface area (Å²) in [5.41, 5.74) is 0.755. The molecule has 0 aliphatic heterocycles. The van der Waals surface area contributed by atoms with E-state index in [9.17, 15) is 9.18 Å². The van der Waals surface area contributed by atoms with Gasteiger partial charge in [0.1, 0.15) is 12.4 Å². The predicted octanol–water partition coefficient (Wildman–Crippen LogP) is 2.99. The van der Waals surface area contributed by atoms with Crippen LogP contribution in [-0.4, -0.2) is 18.0 Å². The van der Waals surface area contributed by atoms with E-state index in [-0.39, 0.29) is 18.4 Å². The topological polar surface area (TPSA) is 26.3 Å². The van der Waals surface area contributed by atoms with Crippen molar-refractivity contribution in [1.82, 2.24) is 0 Å². The highest BCUT2D eigenvalue weighted by Crippen LogP contribution is 2.18. The molecule has 0 heterocycles. The number of halogens is 2. The lowest BCUT2D eigenvalue weighted by Gasteiger charge is -2.05. The minimum Gasteiger partial charge on any atom is -0.460 e. The molecule has 0 atom stereocenters. The lowest BCUT2D eigenvalue weighted by molar-refractivity contribution is -0.141. The number of esters is 1. The second-order valence-electron chi connectivity index (χ2n) is 2.83.